The predicted octanol–water partition coefficient (Wildman–Crippen LogP) is 24.7. The number of carbonyl (C=O) groups excluding carboxylic acids is 4. The molecule has 600 valence electrons. The van der Waals surface area contributed by atoms with E-state index >= 15 is 0 Å². The fourth-order valence-electron chi connectivity index (χ4n) is 12.7. The Morgan fingerprint density at radius 3 is 0.752 bits per heavy atom. The van der Waals surface area contributed by atoms with Crippen molar-refractivity contribution >= 4 is 39.5 Å². The summed E-state index contributed by atoms with van der Waals surface area (Å²) in [4.78, 5) is 73.0. The van der Waals surface area contributed by atoms with E-state index in [1.165, 1.54) is 250 Å². The monoisotopic (exact) mass is 1480 g/mol. The summed E-state index contributed by atoms with van der Waals surface area (Å²) in [5.74, 6) is -0.436. The smallest absolute Gasteiger partial charge is 0.462 e. The van der Waals surface area contributed by atoms with Gasteiger partial charge in [0, 0.05) is 25.7 Å². The van der Waals surface area contributed by atoms with Crippen molar-refractivity contribution in [3.63, 3.8) is 0 Å². The number of phosphoric ester groups is 2. The lowest BCUT2D eigenvalue weighted by Crippen LogP contribution is -2.30. The Bertz CT molecular complexity index is 1940. The summed E-state index contributed by atoms with van der Waals surface area (Å²) in [6.07, 6.45) is 63.7. The summed E-state index contributed by atoms with van der Waals surface area (Å²) in [6.45, 7) is 9.72. The van der Waals surface area contributed by atoms with Crippen LogP contribution >= 0.6 is 15.6 Å². The molecule has 0 rings (SSSR count). The van der Waals surface area contributed by atoms with Gasteiger partial charge in [-0.2, -0.15) is 0 Å². The molecule has 0 saturated heterocycles. The van der Waals surface area contributed by atoms with E-state index in [9.17, 15) is 43.2 Å². The number of phosphoric acid groups is 2. The fourth-order valence-corrected chi connectivity index (χ4v) is 14.3. The van der Waals surface area contributed by atoms with E-state index in [0.717, 1.165) is 102 Å². The van der Waals surface area contributed by atoms with Gasteiger partial charge in [-0.15, -0.1) is 0 Å². The van der Waals surface area contributed by atoms with Crippen LogP contribution in [0.1, 0.15) is 433 Å². The molecule has 0 saturated carbocycles. The molecule has 0 aliphatic carbocycles. The zero-order valence-electron chi connectivity index (χ0n) is 66.2. The van der Waals surface area contributed by atoms with Crippen LogP contribution in [0.25, 0.3) is 0 Å². The topological polar surface area (TPSA) is 237 Å². The van der Waals surface area contributed by atoms with E-state index in [1.54, 1.807) is 0 Å². The van der Waals surface area contributed by atoms with Gasteiger partial charge < -0.3 is 33.8 Å². The number of hydrogen-bond donors (Lipinski definition) is 3. The SMILES string of the molecule is CCCCCCCCCCCCCCC(=O)O[C@H](COC(=O)CCCCCCCCCCCC)COP(=O)(O)OC[C@H](O)COP(=O)(O)OC[C@@H](COC(=O)CCCCCCCCCCCCCCCCC(C)CC)OC(=O)CCCCCCCCCCCCCCCCCCCCC(C)C. The van der Waals surface area contributed by atoms with Gasteiger partial charge in [0.25, 0.3) is 0 Å². The number of aliphatic hydroxyl groups is 1. The van der Waals surface area contributed by atoms with Crippen LogP contribution in [-0.4, -0.2) is 96.7 Å². The molecule has 0 aliphatic rings. The minimum atomic E-state index is -4.96. The number of ether oxygens (including phenoxy) is 4. The molecule has 3 N–H and O–H groups in total. The van der Waals surface area contributed by atoms with Gasteiger partial charge in [0.1, 0.15) is 19.3 Å². The van der Waals surface area contributed by atoms with Crippen molar-refractivity contribution < 1.29 is 80.2 Å². The first-order chi connectivity index (χ1) is 48.9. The number of carbonyl (C=O) groups is 4. The molecule has 3 unspecified atom stereocenters. The molecule has 0 aromatic carbocycles. The van der Waals surface area contributed by atoms with Gasteiger partial charge in [-0.25, -0.2) is 9.13 Å². The average molecular weight is 1480 g/mol. The van der Waals surface area contributed by atoms with Crippen LogP contribution in [0.4, 0.5) is 0 Å². The molecule has 0 spiro atoms. The highest BCUT2D eigenvalue weighted by molar-refractivity contribution is 7.47. The molecule has 0 fully saturated rings. The van der Waals surface area contributed by atoms with Crippen molar-refractivity contribution in [2.24, 2.45) is 11.8 Å². The van der Waals surface area contributed by atoms with Crippen LogP contribution < -0.4 is 0 Å². The molecule has 0 aromatic rings. The van der Waals surface area contributed by atoms with Gasteiger partial charge in [-0.3, -0.25) is 37.3 Å². The third kappa shape index (κ3) is 74.7. The molecule has 6 atom stereocenters. The summed E-state index contributed by atoms with van der Waals surface area (Å²) in [6, 6.07) is 0. The summed E-state index contributed by atoms with van der Waals surface area (Å²) in [5.41, 5.74) is 0. The molecule has 0 bridgehead atoms. The summed E-state index contributed by atoms with van der Waals surface area (Å²) in [7, 11) is -9.92. The largest absolute Gasteiger partial charge is 0.472 e. The van der Waals surface area contributed by atoms with E-state index in [-0.39, 0.29) is 25.7 Å². The Hall–Kier alpha value is -1.94. The van der Waals surface area contributed by atoms with Crippen LogP contribution in [-0.2, 0) is 65.4 Å². The zero-order valence-corrected chi connectivity index (χ0v) is 68.0. The molecule has 17 nitrogen and oxygen atoms in total. The first-order valence-corrected chi connectivity index (χ1v) is 45.5. The average Bonchev–Trinajstić information content (AvgIpc) is 0.931. The first-order valence-electron chi connectivity index (χ1n) is 42.5. The van der Waals surface area contributed by atoms with E-state index in [1.807, 2.05) is 0 Å². The first kappa shape index (κ1) is 99.1. The molecule has 0 heterocycles. The van der Waals surface area contributed by atoms with Crippen LogP contribution in [0.15, 0.2) is 0 Å². The van der Waals surface area contributed by atoms with Crippen LogP contribution in [0, 0.1) is 11.8 Å². The zero-order chi connectivity index (χ0) is 74.2. The fraction of sp³-hybridized carbons (Fsp3) is 0.951. The van der Waals surface area contributed by atoms with Crippen molar-refractivity contribution in [2.75, 3.05) is 39.6 Å². The number of hydrogen-bond acceptors (Lipinski definition) is 15. The third-order valence-electron chi connectivity index (χ3n) is 19.6. The molecule has 0 aromatic heterocycles. The summed E-state index contributed by atoms with van der Waals surface area (Å²) in [5, 5.41) is 10.6. The Balaban J connectivity index is 5.21. The minimum Gasteiger partial charge on any atom is -0.462 e. The van der Waals surface area contributed by atoms with E-state index in [2.05, 4.69) is 41.5 Å². The number of esters is 4. The van der Waals surface area contributed by atoms with Crippen molar-refractivity contribution in [1.29, 1.82) is 0 Å². The highest BCUT2D eigenvalue weighted by Gasteiger charge is 2.30. The summed E-state index contributed by atoms with van der Waals surface area (Å²) >= 11 is 0. The number of unbranched alkanes of at least 4 members (excludes halogenated alkanes) is 50. The Kier molecular flexibility index (Phi) is 72.2. The van der Waals surface area contributed by atoms with Gasteiger partial charge >= 0.3 is 39.5 Å². The molecule has 19 heteroatoms. The van der Waals surface area contributed by atoms with Gasteiger partial charge in [0.15, 0.2) is 12.2 Å². The molecule has 0 aliphatic heterocycles. The van der Waals surface area contributed by atoms with Crippen molar-refractivity contribution in [1.82, 2.24) is 0 Å². The summed E-state index contributed by atoms with van der Waals surface area (Å²) < 4.78 is 68.7. The Morgan fingerprint density at radius 1 is 0.287 bits per heavy atom. The Labute approximate surface area is 619 Å². The standard InChI is InChI=1S/C82H160O17P2/c1-7-10-12-14-16-18-20-35-42-48-54-60-66-81(86)98-77(70-92-79(84)64-58-52-46-40-19-17-15-13-11-8-2)72-96-100(88,89)94-68-76(83)69-95-101(90,91)97-73-78(71-93-80(85)65-59-53-47-41-36-31-28-27-30-34-39-45-51-57-63-75(6)9-3)99-82(87)67-61-55-49-43-37-32-26-24-22-21-23-25-29-33-38-44-50-56-62-74(4)5/h74-78,83H,7-73H2,1-6H3,(H,88,89)(H,90,91)/t75?,76-,77+,78+/m0/s1. The minimum absolute atomic E-state index is 0.108. The maximum Gasteiger partial charge on any atom is 0.472 e. The third-order valence-corrected chi connectivity index (χ3v) is 21.5. The van der Waals surface area contributed by atoms with Crippen molar-refractivity contribution in [2.45, 2.75) is 452 Å². The molecular formula is C82H160O17P2. The second-order valence-electron chi connectivity index (χ2n) is 30.2. The molecule has 0 amide bonds. The van der Waals surface area contributed by atoms with Crippen molar-refractivity contribution in [3.8, 4) is 0 Å². The van der Waals surface area contributed by atoms with Gasteiger partial charge in [-0.05, 0) is 37.5 Å². The lowest BCUT2D eigenvalue weighted by atomic mass is 9.99. The number of aliphatic hydroxyl groups excluding tert-OH is 1. The van der Waals surface area contributed by atoms with E-state index in [0.29, 0.717) is 25.7 Å². The van der Waals surface area contributed by atoms with Crippen LogP contribution in [0.3, 0.4) is 0 Å². The second-order valence-corrected chi connectivity index (χ2v) is 33.1. The maximum atomic E-state index is 13.1. The number of rotatable bonds is 81. The predicted molar refractivity (Wildman–Crippen MR) is 414 cm³/mol. The molecule has 101 heavy (non-hydrogen) atoms. The van der Waals surface area contributed by atoms with E-state index in [4.69, 9.17) is 37.0 Å². The van der Waals surface area contributed by atoms with Gasteiger partial charge in [-0.1, -0.05) is 382 Å². The highest BCUT2D eigenvalue weighted by atomic mass is 31.2. The second kappa shape index (κ2) is 73.6. The van der Waals surface area contributed by atoms with Crippen molar-refractivity contribution in [3.05, 3.63) is 0 Å². The highest BCUT2D eigenvalue weighted by Crippen LogP contribution is 2.45. The van der Waals surface area contributed by atoms with Crippen LogP contribution in [0.2, 0.25) is 0 Å². The van der Waals surface area contributed by atoms with Gasteiger partial charge in [0.05, 0.1) is 26.4 Å². The molecular weight excluding hydrogens is 1320 g/mol. The van der Waals surface area contributed by atoms with Crippen LogP contribution in [0.5, 0.6) is 0 Å². The maximum absolute atomic E-state index is 13.1. The quantitative estimate of drug-likeness (QED) is 0.0222. The lowest BCUT2D eigenvalue weighted by Gasteiger charge is -2.21. The van der Waals surface area contributed by atoms with Gasteiger partial charge in [0.2, 0.25) is 0 Å². The molecule has 0 radical (unpaired) electrons. The normalized spacial score (nSPS) is 14.2. The Morgan fingerprint density at radius 2 is 0.505 bits per heavy atom. The lowest BCUT2D eigenvalue weighted by molar-refractivity contribution is -0.161. The van der Waals surface area contributed by atoms with E-state index < -0.39 is 97.5 Å².